The van der Waals surface area contributed by atoms with Crippen LogP contribution in [-0.2, 0) is 6.42 Å². The molecule has 0 fully saturated rings. The molecule has 0 bridgehead atoms. The van der Waals surface area contributed by atoms with E-state index >= 15 is 0 Å². The summed E-state index contributed by atoms with van der Waals surface area (Å²) in [5.41, 5.74) is 1.94. The number of hydrogen-bond acceptors (Lipinski definition) is 6. The molecule has 0 radical (unpaired) electrons. The van der Waals surface area contributed by atoms with Crippen LogP contribution in [0.25, 0.3) is 10.6 Å². The first-order valence-electron chi connectivity index (χ1n) is 7.18. The van der Waals surface area contributed by atoms with E-state index < -0.39 is 0 Å². The summed E-state index contributed by atoms with van der Waals surface area (Å²) in [7, 11) is 1.82. The Bertz CT molecular complexity index is 772. The second kappa shape index (κ2) is 7.15. The molecule has 118 valence electrons. The first-order valence-corrected chi connectivity index (χ1v) is 8.06. The highest BCUT2D eigenvalue weighted by Crippen LogP contribution is 2.24. The van der Waals surface area contributed by atoms with Crippen LogP contribution in [0.4, 0.5) is 16.0 Å². The number of halogens is 1. The lowest BCUT2D eigenvalue weighted by Gasteiger charge is -2.05. The van der Waals surface area contributed by atoms with E-state index in [0.29, 0.717) is 0 Å². The number of aromatic nitrogens is 3. The van der Waals surface area contributed by atoms with Crippen LogP contribution in [0.5, 0.6) is 0 Å². The molecule has 2 N–H and O–H groups in total. The fourth-order valence-electron chi connectivity index (χ4n) is 2.06. The normalized spacial score (nSPS) is 10.5. The summed E-state index contributed by atoms with van der Waals surface area (Å²) in [6, 6.07) is 8.25. The number of nitrogens with one attached hydrogen (secondary N) is 2. The van der Waals surface area contributed by atoms with Gasteiger partial charge in [0.15, 0.2) is 0 Å². The molecule has 0 amide bonds. The van der Waals surface area contributed by atoms with Gasteiger partial charge in [-0.2, -0.15) is 0 Å². The van der Waals surface area contributed by atoms with Gasteiger partial charge in [0.1, 0.15) is 28.8 Å². The average Bonchev–Trinajstić information content (AvgIpc) is 3.04. The van der Waals surface area contributed by atoms with Crippen molar-refractivity contribution in [1.82, 2.24) is 15.0 Å². The van der Waals surface area contributed by atoms with Crippen LogP contribution in [-0.4, -0.2) is 28.5 Å². The molecule has 3 rings (SSSR count). The summed E-state index contributed by atoms with van der Waals surface area (Å²) < 4.78 is 12.9. The van der Waals surface area contributed by atoms with Crippen molar-refractivity contribution < 1.29 is 4.39 Å². The Balaban J connectivity index is 1.58. The lowest BCUT2D eigenvalue weighted by Crippen LogP contribution is -2.07. The molecule has 7 heteroatoms. The number of anilines is 2. The van der Waals surface area contributed by atoms with Gasteiger partial charge in [0.05, 0.1) is 5.69 Å². The highest BCUT2D eigenvalue weighted by atomic mass is 32.1. The van der Waals surface area contributed by atoms with Gasteiger partial charge in [-0.1, -0.05) is 0 Å². The third-order valence-corrected chi connectivity index (χ3v) is 4.19. The minimum Gasteiger partial charge on any atom is -0.373 e. The van der Waals surface area contributed by atoms with Crippen LogP contribution in [0.15, 0.2) is 42.0 Å². The summed E-state index contributed by atoms with van der Waals surface area (Å²) in [6.07, 6.45) is 2.31. The first kappa shape index (κ1) is 15.4. The van der Waals surface area contributed by atoms with Crippen LogP contribution < -0.4 is 10.6 Å². The van der Waals surface area contributed by atoms with Crippen molar-refractivity contribution in [2.24, 2.45) is 0 Å². The molecular weight excluding hydrogens is 313 g/mol. The van der Waals surface area contributed by atoms with E-state index in [1.807, 2.05) is 18.5 Å². The van der Waals surface area contributed by atoms with E-state index in [2.05, 4.69) is 25.6 Å². The van der Waals surface area contributed by atoms with Crippen molar-refractivity contribution in [3.8, 4) is 10.6 Å². The largest absolute Gasteiger partial charge is 0.373 e. The van der Waals surface area contributed by atoms with Crippen molar-refractivity contribution in [2.75, 3.05) is 24.2 Å². The van der Waals surface area contributed by atoms with Crippen molar-refractivity contribution in [3.05, 3.63) is 53.6 Å². The van der Waals surface area contributed by atoms with E-state index in [4.69, 9.17) is 0 Å². The second-order valence-electron chi connectivity index (χ2n) is 4.87. The van der Waals surface area contributed by atoms with Gasteiger partial charge in [0, 0.05) is 37.0 Å². The molecule has 0 atom stereocenters. The van der Waals surface area contributed by atoms with Crippen LogP contribution in [0, 0.1) is 5.82 Å². The Morgan fingerprint density at radius 3 is 2.70 bits per heavy atom. The fraction of sp³-hybridized carbons (Fsp3) is 0.188. The maximum Gasteiger partial charge on any atom is 0.131 e. The van der Waals surface area contributed by atoms with Gasteiger partial charge in [-0.3, -0.25) is 0 Å². The molecule has 0 saturated carbocycles. The number of benzene rings is 1. The molecule has 23 heavy (non-hydrogen) atoms. The van der Waals surface area contributed by atoms with E-state index in [-0.39, 0.29) is 5.82 Å². The van der Waals surface area contributed by atoms with Crippen LogP contribution in [0.3, 0.4) is 0 Å². The SMILES string of the molecule is CNc1cc(NCCc2csc(-c3ccc(F)cc3)n2)ncn1. The highest BCUT2D eigenvalue weighted by molar-refractivity contribution is 7.13. The molecule has 5 nitrogen and oxygen atoms in total. The number of rotatable bonds is 6. The second-order valence-corrected chi connectivity index (χ2v) is 5.72. The predicted octanol–water partition coefficient (Wildman–Crippen LogP) is 3.44. The van der Waals surface area contributed by atoms with E-state index in [9.17, 15) is 4.39 Å². The van der Waals surface area contributed by atoms with Crippen molar-refractivity contribution in [2.45, 2.75) is 6.42 Å². The molecule has 1 aromatic carbocycles. The zero-order valence-electron chi connectivity index (χ0n) is 12.6. The highest BCUT2D eigenvalue weighted by Gasteiger charge is 2.05. The zero-order valence-corrected chi connectivity index (χ0v) is 13.4. The predicted molar refractivity (Wildman–Crippen MR) is 91.3 cm³/mol. The van der Waals surface area contributed by atoms with Gasteiger partial charge < -0.3 is 10.6 Å². The molecular formula is C16H16FN5S. The van der Waals surface area contributed by atoms with Gasteiger partial charge in [-0.25, -0.2) is 19.3 Å². The molecule has 0 aliphatic heterocycles. The van der Waals surface area contributed by atoms with Gasteiger partial charge in [-0.05, 0) is 24.3 Å². The Hall–Kier alpha value is -2.54. The van der Waals surface area contributed by atoms with Crippen LogP contribution in [0.1, 0.15) is 5.69 Å². The molecule has 0 unspecified atom stereocenters. The maximum atomic E-state index is 12.9. The molecule has 0 aliphatic carbocycles. The van der Waals surface area contributed by atoms with Gasteiger partial charge >= 0.3 is 0 Å². The third-order valence-electron chi connectivity index (χ3n) is 3.25. The Labute approximate surface area is 137 Å². The standard InChI is InChI=1S/C16H16FN5S/c1-18-14-8-15(21-10-20-14)19-7-6-13-9-23-16(22-13)11-2-4-12(17)5-3-11/h2-5,8-10H,6-7H2,1H3,(H2,18,19,20,21). The first-order chi connectivity index (χ1) is 11.2. The molecule has 2 heterocycles. The fourth-order valence-corrected chi connectivity index (χ4v) is 2.92. The summed E-state index contributed by atoms with van der Waals surface area (Å²) in [6.45, 7) is 0.729. The smallest absolute Gasteiger partial charge is 0.131 e. The number of thiazole rings is 1. The topological polar surface area (TPSA) is 62.7 Å². The molecule has 0 saturated heterocycles. The van der Waals surface area contributed by atoms with Gasteiger partial charge in [-0.15, -0.1) is 11.3 Å². The van der Waals surface area contributed by atoms with Gasteiger partial charge in [0.2, 0.25) is 0 Å². The van der Waals surface area contributed by atoms with E-state index in [0.717, 1.165) is 40.9 Å². The van der Waals surface area contributed by atoms with Gasteiger partial charge in [0.25, 0.3) is 0 Å². The lowest BCUT2D eigenvalue weighted by molar-refractivity contribution is 0.628. The molecule has 0 spiro atoms. The minimum absolute atomic E-state index is 0.236. The van der Waals surface area contributed by atoms with Crippen molar-refractivity contribution in [3.63, 3.8) is 0 Å². The summed E-state index contributed by atoms with van der Waals surface area (Å²) in [5, 5.41) is 9.15. The minimum atomic E-state index is -0.236. The number of hydrogen-bond donors (Lipinski definition) is 2. The maximum absolute atomic E-state index is 12.9. The molecule has 2 aromatic heterocycles. The van der Waals surface area contributed by atoms with Crippen molar-refractivity contribution in [1.29, 1.82) is 0 Å². The monoisotopic (exact) mass is 329 g/mol. The number of nitrogens with zero attached hydrogens (tertiary/aromatic N) is 3. The average molecular weight is 329 g/mol. The summed E-state index contributed by atoms with van der Waals surface area (Å²) >= 11 is 1.56. The Morgan fingerprint density at radius 2 is 1.91 bits per heavy atom. The summed E-state index contributed by atoms with van der Waals surface area (Å²) in [4.78, 5) is 12.8. The van der Waals surface area contributed by atoms with Crippen LogP contribution in [0.2, 0.25) is 0 Å². The molecule has 0 aliphatic rings. The lowest BCUT2D eigenvalue weighted by atomic mass is 10.2. The quantitative estimate of drug-likeness (QED) is 0.725. The van der Waals surface area contributed by atoms with Crippen molar-refractivity contribution >= 4 is 23.0 Å². The third kappa shape index (κ3) is 4.01. The van der Waals surface area contributed by atoms with E-state index in [1.54, 1.807) is 23.5 Å². The molecule has 3 aromatic rings. The van der Waals surface area contributed by atoms with Crippen LogP contribution >= 0.6 is 11.3 Å². The Morgan fingerprint density at radius 1 is 1.13 bits per heavy atom. The Kier molecular flexibility index (Phi) is 4.77. The summed E-state index contributed by atoms with van der Waals surface area (Å²) in [5.74, 6) is 1.31. The zero-order chi connectivity index (χ0) is 16.1. The van der Waals surface area contributed by atoms with E-state index in [1.165, 1.54) is 18.5 Å².